The van der Waals surface area contributed by atoms with Crippen LogP contribution in [0.3, 0.4) is 0 Å². The van der Waals surface area contributed by atoms with Gasteiger partial charge in [0.25, 0.3) is 0 Å². The molecular formula is C28H39FN2O5S. The van der Waals surface area contributed by atoms with Gasteiger partial charge in [0.05, 0.1) is 58.4 Å². The summed E-state index contributed by atoms with van der Waals surface area (Å²) in [4.78, 5) is 30.7. The van der Waals surface area contributed by atoms with Crippen molar-refractivity contribution >= 4 is 29.1 Å². The molecule has 1 aromatic heterocycles. The minimum absolute atomic E-state index is 0.0315. The van der Waals surface area contributed by atoms with E-state index in [-0.39, 0.29) is 24.9 Å². The minimum atomic E-state index is -1.35. The number of nitrogens with zero attached hydrogens (tertiary/aromatic N) is 1. The van der Waals surface area contributed by atoms with Crippen molar-refractivity contribution in [2.75, 3.05) is 0 Å². The van der Waals surface area contributed by atoms with E-state index in [0.29, 0.717) is 18.5 Å². The average molecular weight is 535 g/mol. The van der Waals surface area contributed by atoms with E-state index in [9.17, 15) is 19.8 Å². The summed E-state index contributed by atoms with van der Waals surface area (Å²) in [7, 11) is 0. The van der Waals surface area contributed by atoms with Gasteiger partial charge in [0.15, 0.2) is 0 Å². The maximum atomic E-state index is 15.4. The molecule has 204 valence electrons. The average Bonchev–Trinajstić information content (AvgIpc) is 3.27. The summed E-state index contributed by atoms with van der Waals surface area (Å²) in [6, 6.07) is -0.963. The number of carbonyl (C=O) groups excluding carboxylic acids is 2. The van der Waals surface area contributed by atoms with Crippen molar-refractivity contribution in [1.29, 1.82) is 0 Å². The second kappa shape index (κ2) is 11.7. The zero-order valence-electron chi connectivity index (χ0n) is 22.3. The molecule has 7 unspecified atom stereocenters. The van der Waals surface area contributed by atoms with Crippen LogP contribution in [-0.2, 0) is 14.3 Å². The number of hydrogen-bond donors (Lipinski definition) is 3. The molecule has 7 atom stereocenters. The molecule has 3 heterocycles. The summed E-state index contributed by atoms with van der Waals surface area (Å²) >= 11 is 1.40. The van der Waals surface area contributed by atoms with Crippen LogP contribution < -0.4 is 5.32 Å². The number of fused-ring (bicyclic) bond motifs is 1. The second-order valence-electron chi connectivity index (χ2n) is 11.3. The lowest BCUT2D eigenvalue weighted by Crippen LogP contribution is -2.48. The number of terminal acetylenes is 1. The maximum Gasteiger partial charge on any atom is 0.223 e. The number of thiazole rings is 1. The Morgan fingerprint density at radius 1 is 1.38 bits per heavy atom. The third-order valence-corrected chi connectivity index (χ3v) is 8.72. The highest BCUT2D eigenvalue weighted by atomic mass is 32.1. The van der Waals surface area contributed by atoms with Crippen molar-refractivity contribution in [2.24, 2.45) is 17.3 Å². The summed E-state index contributed by atoms with van der Waals surface area (Å²) in [5.41, 5.74) is -1.34. The number of ether oxygens (including phenoxy) is 1. The van der Waals surface area contributed by atoms with Crippen molar-refractivity contribution in [1.82, 2.24) is 10.3 Å². The second-order valence-corrected chi connectivity index (χ2v) is 12.3. The van der Waals surface area contributed by atoms with Gasteiger partial charge in [0, 0.05) is 18.2 Å². The number of nitrogens with one attached hydrogen (secondary N) is 1. The zero-order chi connectivity index (χ0) is 27.5. The summed E-state index contributed by atoms with van der Waals surface area (Å²) in [6.45, 7) is 8.76. The van der Waals surface area contributed by atoms with Gasteiger partial charge >= 0.3 is 0 Å². The van der Waals surface area contributed by atoms with E-state index in [2.05, 4.69) is 16.2 Å². The fraction of sp³-hybridized carbons (Fsp3) is 0.679. The van der Waals surface area contributed by atoms with Gasteiger partial charge in [-0.15, -0.1) is 23.7 Å². The van der Waals surface area contributed by atoms with E-state index >= 15 is 4.39 Å². The van der Waals surface area contributed by atoms with Crippen molar-refractivity contribution < 1.29 is 28.9 Å². The molecule has 3 N–H and O–H groups in total. The van der Waals surface area contributed by atoms with Crippen LogP contribution in [0.25, 0.3) is 6.08 Å². The van der Waals surface area contributed by atoms with Crippen LogP contribution in [0.15, 0.2) is 11.2 Å². The summed E-state index contributed by atoms with van der Waals surface area (Å²) < 4.78 is 21.3. The van der Waals surface area contributed by atoms with Crippen molar-refractivity contribution in [3.05, 3.63) is 21.9 Å². The summed E-state index contributed by atoms with van der Waals surface area (Å²) in [6.07, 6.45) is 6.19. The topological polar surface area (TPSA) is 112 Å². The molecule has 0 bridgehead atoms. The van der Waals surface area contributed by atoms with Crippen LogP contribution in [0.2, 0.25) is 0 Å². The molecule has 9 heteroatoms. The van der Waals surface area contributed by atoms with Gasteiger partial charge < -0.3 is 20.3 Å². The van der Waals surface area contributed by atoms with Crippen LogP contribution >= 0.6 is 11.3 Å². The molecule has 1 amide bonds. The number of aliphatic hydroxyl groups excluding tert-OH is 2. The molecule has 0 aliphatic carbocycles. The van der Waals surface area contributed by atoms with E-state index in [1.54, 1.807) is 19.2 Å². The number of rotatable bonds is 3. The smallest absolute Gasteiger partial charge is 0.223 e. The predicted octanol–water partition coefficient (Wildman–Crippen LogP) is 3.96. The molecule has 2 aliphatic heterocycles. The Balaban J connectivity index is 1.89. The lowest BCUT2D eigenvalue weighted by Gasteiger charge is -2.35. The molecule has 2 aliphatic rings. The lowest BCUT2D eigenvalue weighted by molar-refractivity contribution is -0.143. The summed E-state index contributed by atoms with van der Waals surface area (Å²) in [5.74, 6) is -0.123. The fourth-order valence-corrected chi connectivity index (χ4v) is 5.69. The van der Waals surface area contributed by atoms with Crippen LogP contribution in [-0.4, -0.2) is 56.8 Å². The zero-order valence-corrected chi connectivity index (χ0v) is 23.1. The molecule has 1 aromatic rings. The lowest BCUT2D eigenvalue weighted by atomic mass is 9.71. The fourth-order valence-electron chi connectivity index (χ4n) is 5.12. The number of ketones is 1. The highest BCUT2D eigenvalue weighted by Gasteiger charge is 2.53. The molecule has 0 spiro atoms. The number of carbonyl (C=O) groups is 2. The number of aromatic nitrogens is 1. The molecule has 0 radical (unpaired) electrons. The van der Waals surface area contributed by atoms with Gasteiger partial charge in [-0.1, -0.05) is 27.2 Å². The highest BCUT2D eigenvalue weighted by Crippen LogP contribution is 2.44. The van der Waals surface area contributed by atoms with Crippen LogP contribution in [0.4, 0.5) is 4.39 Å². The minimum Gasteiger partial charge on any atom is -0.392 e. The Hall–Kier alpha value is -2.12. The molecule has 2 saturated heterocycles. The van der Waals surface area contributed by atoms with E-state index in [1.807, 2.05) is 20.8 Å². The number of aryl methyl sites for hydroxylation is 1. The van der Waals surface area contributed by atoms with Crippen molar-refractivity contribution in [3.63, 3.8) is 0 Å². The molecule has 3 rings (SSSR count). The molecule has 37 heavy (non-hydrogen) atoms. The summed E-state index contributed by atoms with van der Waals surface area (Å²) in [5, 5.41) is 27.2. The first-order chi connectivity index (χ1) is 17.3. The SMILES string of the molecule is C#CCC1C(=O)C(C)(C)C(O)CC(=O)NC(C(F)=Cc2csc(C)n2)CC2OC2(C)CCCC(C)C1O. The van der Waals surface area contributed by atoms with Gasteiger partial charge in [-0.25, -0.2) is 9.37 Å². The Morgan fingerprint density at radius 2 is 2.08 bits per heavy atom. The Kier molecular flexibility index (Phi) is 9.33. The van der Waals surface area contributed by atoms with Gasteiger partial charge in [-0.2, -0.15) is 0 Å². The van der Waals surface area contributed by atoms with Gasteiger partial charge in [0.1, 0.15) is 11.6 Å². The maximum absolute atomic E-state index is 15.4. The molecule has 7 nitrogen and oxygen atoms in total. The number of halogens is 1. The number of hydrogen-bond acceptors (Lipinski definition) is 7. The molecule has 0 aromatic carbocycles. The van der Waals surface area contributed by atoms with E-state index in [0.717, 1.165) is 11.4 Å². The van der Waals surface area contributed by atoms with Crippen LogP contribution in [0, 0.1) is 36.5 Å². The van der Waals surface area contributed by atoms with Crippen molar-refractivity contribution in [2.45, 2.75) is 103 Å². The predicted molar refractivity (Wildman–Crippen MR) is 141 cm³/mol. The van der Waals surface area contributed by atoms with Gasteiger partial charge in [0.2, 0.25) is 5.91 Å². The van der Waals surface area contributed by atoms with E-state index < -0.39 is 59.1 Å². The van der Waals surface area contributed by atoms with Gasteiger partial charge in [-0.3, -0.25) is 9.59 Å². The third kappa shape index (κ3) is 7.05. The van der Waals surface area contributed by atoms with E-state index in [1.165, 1.54) is 17.4 Å². The van der Waals surface area contributed by atoms with E-state index in [4.69, 9.17) is 11.2 Å². The first-order valence-corrected chi connectivity index (χ1v) is 13.8. The third-order valence-electron chi connectivity index (χ3n) is 7.93. The normalized spacial score (nSPS) is 35.8. The van der Waals surface area contributed by atoms with Crippen LogP contribution in [0.5, 0.6) is 0 Å². The Morgan fingerprint density at radius 3 is 2.70 bits per heavy atom. The number of aliphatic hydroxyl groups is 2. The first kappa shape index (κ1) is 29.4. The number of Topliss-reactive ketones (excluding diaryl/α,β-unsaturated/α-hetero) is 1. The monoisotopic (exact) mass is 534 g/mol. The first-order valence-electron chi connectivity index (χ1n) is 12.9. The Bertz CT molecular complexity index is 1060. The quantitative estimate of drug-likeness (QED) is 0.400. The Labute approximate surface area is 222 Å². The highest BCUT2D eigenvalue weighted by molar-refractivity contribution is 7.09. The molecule has 2 fully saturated rings. The largest absolute Gasteiger partial charge is 0.392 e. The standard InChI is InChI=1S/C28H39FN2O5S/c1-7-9-19-25(34)16(2)10-8-11-28(6)23(36-28)13-21(20(29)12-18-15-37-17(3)30-18)31-24(33)14-22(32)27(4,5)26(19)35/h1,12,15-16,19,21-23,25,32,34H,8-11,13-14H2,2-6H3,(H,31,33). The molecular weight excluding hydrogens is 495 g/mol. The molecule has 0 saturated carbocycles. The number of epoxide rings is 1. The van der Waals surface area contributed by atoms with Crippen LogP contribution in [0.1, 0.15) is 76.9 Å². The van der Waals surface area contributed by atoms with Gasteiger partial charge in [-0.05, 0) is 38.7 Å². The van der Waals surface area contributed by atoms with Crippen molar-refractivity contribution in [3.8, 4) is 12.3 Å². The number of amides is 1.